The molecule has 0 saturated heterocycles. The molecule has 0 atom stereocenters. The Morgan fingerprint density at radius 3 is 2.54 bits per heavy atom. The maximum absolute atomic E-state index is 14.1. The number of hydrogen-bond donors (Lipinski definition) is 0. The zero-order valence-corrected chi connectivity index (χ0v) is 18.0. The average Bonchev–Trinajstić information content (AvgIpc) is 3.09. The van der Waals surface area contributed by atoms with Gasteiger partial charge in [0.15, 0.2) is 10.9 Å². The molecule has 0 aliphatic carbocycles. The molecule has 0 aliphatic rings. The summed E-state index contributed by atoms with van der Waals surface area (Å²) >= 11 is 4.53. The SMILES string of the molecule is CCN(CC)CCN(C(=O)c1ccccc1Br)c1nc2c(F)cc(F)cc2s1. The zero-order valence-electron chi connectivity index (χ0n) is 15.6. The van der Waals surface area contributed by atoms with Crippen LogP contribution in [0.5, 0.6) is 0 Å². The van der Waals surface area contributed by atoms with E-state index in [0.717, 1.165) is 30.5 Å². The molecule has 0 unspecified atom stereocenters. The van der Waals surface area contributed by atoms with Crippen molar-refractivity contribution in [3.63, 3.8) is 0 Å². The third kappa shape index (κ3) is 4.39. The first-order valence-electron chi connectivity index (χ1n) is 8.98. The summed E-state index contributed by atoms with van der Waals surface area (Å²) in [4.78, 5) is 21.3. The van der Waals surface area contributed by atoms with Gasteiger partial charge >= 0.3 is 0 Å². The van der Waals surface area contributed by atoms with Crippen LogP contribution in [0.1, 0.15) is 24.2 Å². The largest absolute Gasteiger partial charge is 0.302 e. The molecular weight excluding hydrogens is 448 g/mol. The van der Waals surface area contributed by atoms with Crippen molar-refractivity contribution in [2.24, 2.45) is 0 Å². The van der Waals surface area contributed by atoms with Gasteiger partial charge in [0.1, 0.15) is 11.3 Å². The third-order valence-electron chi connectivity index (χ3n) is 4.52. The topological polar surface area (TPSA) is 36.4 Å². The molecule has 0 bridgehead atoms. The van der Waals surface area contributed by atoms with Crippen molar-refractivity contribution in [3.05, 3.63) is 58.1 Å². The van der Waals surface area contributed by atoms with Crippen molar-refractivity contribution in [1.29, 1.82) is 0 Å². The van der Waals surface area contributed by atoms with Crippen molar-refractivity contribution in [2.45, 2.75) is 13.8 Å². The summed E-state index contributed by atoms with van der Waals surface area (Å²) in [6, 6.07) is 9.19. The van der Waals surface area contributed by atoms with Crippen LogP contribution in [-0.4, -0.2) is 42.0 Å². The number of hydrogen-bond acceptors (Lipinski definition) is 4. The zero-order chi connectivity index (χ0) is 20.3. The van der Waals surface area contributed by atoms with Gasteiger partial charge in [-0.05, 0) is 47.2 Å². The molecule has 0 fully saturated rings. The number of thiazole rings is 1. The van der Waals surface area contributed by atoms with E-state index in [1.165, 1.54) is 6.07 Å². The number of fused-ring (bicyclic) bond motifs is 1. The Balaban J connectivity index is 2.02. The molecule has 2 aromatic carbocycles. The molecular formula is C20H20BrF2N3OS. The highest BCUT2D eigenvalue weighted by Crippen LogP contribution is 2.32. The van der Waals surface area contributed by atoms with E-state index in [0.29, 0.717) is 33.0 Å². The maximum Gasteiger partial charge on any atom is 0.261 e. The molecule has 4 nitrogen and oxygen atoms in total. The third-order valence-corrected chi connectivity index (χ3v) is 6.23. The number of nitrogens with zero attached hydrogens (tertiary/aromatic N) is 3. The summed E-state index contributed by atoms with van der Waals surface area (Å²) in [5, 5.41) is 0.354. The number of aromatic nitrogens is 1. The van der Waals surface area contributed by atoms with Crippen LogP contribution in [0.4, 0.5) is 13.9 Å². The van der Waals surface area contributed by atoms with Gasteiger partial charge in [0, 0.05) is 23.6 Å². The van der Waals surface area contributed by atoms with Gasteiger partial charge in [-0.2, -0.15) is 0 Å². The lowest BCUT2D eigenvalue weighted by Crippen LogP contribution is -2.39. The normalized spacial score (nSPS) is 11.4. The van der Waals surface area contributed by atoms with E-state index in [4.69, 9.17) is 0 Å². The van der Waals surface area contributed by atoms with Crippen LogP contribution < -0.4 is 4.90 Å². The van der Waals surface area contributed by atoms with E-state index < -0.39 is 11.6 Å². The molecule has 1 heterocycles. The van der Waals surface area contributed by atoms with Gasteiger partial charge in [-0.25, -0.2) is 13.8 Å². The summed E-state index contributed by atoms with van der Waals surface area (Å²) < 4.78 is 28.7. The van der Waals surface area contributed by atoms with E-state index in [2.05, 4.69) is 39.7 Å². The second-order valence-electron chi connectivity index (χ2n) is 6.19. The molecule has 0 saturated carbocycles. The van der Waals surface area contributed by atoms with Gasteiger partial charge in [-0.15, -0.1) is 0 Å². The molecule has 1 amide bonds. The summed E-state index contributed by atoms with van der Waals surface area (Å²) in [7, 11) is 0. The Bertz CT molecular complexity index is 991. The van der Waals surface area contributed by atoms with Gasteiger partial charge < -0.3 is 4.90 Å². The van der Waals surface area contributed by atoms with Crippen molar-refractivity contribution >= 4 is 48.5 Å². The van der Waals surface area contributed by atoms with Gasteiger partial charge in [0.25, 0.3) is 5.91 Å². The van der Waals surface area contributed by atoms with E-state index in [1.807, 2.05) is 6.07 Å². The van der Waals surface area contributed by atoms with E-state index in [1.54, 1.807) is 23.1 Å². The van der Waals surface area contributed by atoms with Crippen LogP contribution in [0.15, 0.2) is 40.9 Å². The molecule has 3 rings (SSSR count). The number of benzene rings is 2. The number of carbonyl (C=O) groups excluding carboxylic acids is 1. The first-order chi connectivity index (χ1) is 13.4. The molecule has 0 aliphatic heterocycles. The summed E-state index contributed by atoms with van der Waals surface area (Å²) in [5.41, 5.74) is 0.571. The molecule has 1 aromatic heterocycles. The van der Waals surface area contributed by atoms with E-state index >= 15 is 0 Å². The van der Waals surface area contributed by atoms with Crippen molar-refractivity contribution < 1.29 is 13.6 Å². The maximum atomic E-state index is 14.1. The minimum Gasteiger partial charge on any atom is -0.302 e. The number of amides is 1. The molecule has 148 valence electrons. The Hall–Kier alpha value is -1.90. The molecule has 28 heavy (non-hydrogen) atoms. The average molecular weight is 468 g/mol. The summed E-state index contributed by atoms with van der Waals surface area (Å²) in [6.07, 6.45) is 0. The predicted octanol–water partition coefficient (Wildman–Crippen LogP) is 5.33. The minimum atomic E-state index is -0.727. The highest BCUT2D eigenvalue weighted by Gasteiger charge is 2.24. The van der Waals surface area contributed by atoms with E-state index in [9.17, 15) is 13.6 Å². The number of anilines is 1. The predicted molar refractivity (Wildman–Crippen MR) is 113 cm³/mol. The lowest BCUT2D eigenvalue weighted by atomic mass is 10.2. The fourth-order valence-corrected chi connectivity index (χ4v) is 4.39. The van der Waals surface area contributed by atoms with Gasteiger partial charge in [0.2, 0.25) is 0 Å². The first-order valence-corrected chi connectivity index (χ1v) is 10.6. The highest BCUT2D eigenvalue weighted by atomic mass is 79.9. The first kappa shape index (κ1) is 20.8. The number of likely N-dealkylation sites (N-methyl/N-ethyl adjacent to an activating group) is 1. The number of halogens is 3. The Kier molecular flexibility index (Phi) is 6.74. The van der Waals surface area contributed by atoms with Crippen molar-refractivity contribution in [2.75, 3.05) is 31.1 Å². The summed E-state index contributed by atoms with van der Waals surface area (Å²) in [6.45, 7) is 6.86. The number of rotatable bonds is 7. The van der Waals surface area contributed by atoms with Crippen LogP contribution >= 0.6 is 27.3 Å². The fraction of sp³-hybridized carbons (Fsp3) is 0.300. The van der Waals surface area contributed by atoms with Crippen LogP contribution in [-0.2, 0) is 0 Å². The van der Waals surface area contributed by atoms with Crippen molar-refractivity contribution in [3.8, 4) is 0 Å². The van der Waals surface area contributed by atoms with E-state index in [-0.39, 0.29) is 11.4 Å². The molecule has 0 spiro atoms. The second-order valence-corrected chi connectivity index (χ2v) is 8.06. The smallest absolute Gasteiger partial charge is 0.261 e. The van der Waals surface area contributed by atoms with Crippen LogP contribution in [0, 0.1) is 11.6 Å². The highest BCUT2D eigenvalue weighted by molar-refractivity contribution is 9.10. The molecule has 3 aromatic rings. The Labute approximate surface area is 174 Å². The van der Waals surface area contributed by atoms with Crippen LogP contribution in [0.2, 0.25) is 0 Å². The van der Waals surface area contributed by atoms with Gasteiger partial charge in [-0.3, -0.25) is 9.69 Å². The second kappa shape index (κ2) is 9.07. The quantitative estimate of drug-likeness (QED) is 0.471. The van der Waals surface area contributed by atoms with Gasteiger partial charge in [0.05, 0.1) is 10.3 Å². The Morgan fingerprint density at radius 1 is 1.14 bits per heavy atom. The standard InChI is InChI=1S/C20H20BrF2N3OS/c1-3-25(4-2)9-10-26(19(27)14-7-5-6-8-15(14)21)20-24-18-16(23)11-13(22)12-17(18)28-20/h5-8,11-12H,3-4,9-10H2,1-2H3. The van der Waals surface area contributed by atoms with Crippen LogP contribution in [0.25, 0.3) is 10.2 Å². The van der Waals surface area contributed by atoms with Gasteiger partial charge in [-0.1, -0.05) is 37.3 Å². The molecule has 8 heteroatoms. The van der Waals surface area contributed by atoms with Crippen LogP contribution in [0.3, 0.4) is 0 Å². The van der Waals surface area contributed by atoms with Crippen molar-refractivity contribution in [1.82, 2.24) is 9.88 Å². The lowest BCUT2D eigenvalue weighted by molar-refractivity contribution is 0.0983. The minimum absolute atomic E-state index is 0.0779. The lowest BCUT2D eigenvalue weighted by Gasteiger charge is -2.25. The molecule has 0 N–H and O–H groups in total. The number of carbonyl (C=O) groups is 1. The monoisotopic (exact) mass is 467 g/mol. The Morgan fingerprint density at radius 2 is 1.86 bits per heavy atom. The summed E-state index contributed by atoms with van der Waals surface area (Å²) in [5.74, 6) is -1.62. The fourth-order valence-electron chi connectivity index (χ4n) is 2.91. The molecule has 0 radical (unpaired) electrons.